The lowest BCUT2D eigenvalue weighted by Crippen LogP contribution is -1.99. The number of hydrogen-bond acceptors (Lipinski definition) is 2. The first-order valence-electron chi connectivity index (χ1n) is 8.40. The minimum atomic E-state index is 0.729. The van der Waals surface area contributed by atoms with Crippen LogP contribution in [-0.2, 0) is 0 Å². The maximum atomic E-state index is 8.49. The number of pyridine rings is 1. The molecule has 0 atom stereocenters. The number of hydrogen-bond donors (Lipinski definition) is 1. The molecule has 0 unspecified atom stereocenters. The summed E-state index contributed by atoms with van der Waals surface area (Å²) in [5.41, 5.74) is 2.87. The lowest BCUT2D eigenvalue weighted by Gasteiger charge is -2.03. The monoisotopic (exact) mass is 305 g/mol. The lowest BCUT2D eigenvalue weighted by atomic mass is 10.0. The molecule has 0 aliphatic rings. The Bertz CT molecular complexity index is 787. The molecule has 3 nitrogen and oxygen atoms in total. The van der Waals surface area contributed by atoms with E-state index in [4.69, 9.17) is 5.41 Å². The molecule has 3 rings (SSSR count). The summed E-state index contributed by atoms with van der Waals surface area (Å²) in [5, 5.41) is 9.63. The number of para-hydroxylation sites is 1. The number of aromatic nitrogens is 2. The number of nitrogens with zero attached hydrogens (tertiary/aromatic N) is 2. The Labute approximate surface area is 137 Å². The average Bonchev–Trinajstić information content (AvgIpc) is 2.99. The van der Waals surface area contributed by atoms with E-state index in [1.165, 1.54) is 19.3 Å². The standard InChI is InChI=1S/C20H23N3/c1-2-3-4-5-11-18(21)17-15-23(20-13-8-9-14-22-20)19-12-7-6-10-16(17)19/h6-10,12-15,21H,2-5,11H2,1H3. The van der Waals surface area contributed by atoms with Crippen molar-refractivity contribution >= 4 is 16.6 Å². The zero-order valence-electron chi connectivity index (χ0n) is 13.6. The van der Waals surface area contributed by atoms with Gasteiger partial charge in [0.25, 0.3) is 0 Å². The predicted octanol–water partition coefficient (Wildman–Crippen LogP) is 5.36. The van der Waals surface area contributed by atoms with Crippen molar-refractivity contribution in [3.05, 3.63) is 60.4 Å². The average molecular weight is 305 g/mol. The summed E-state index contributed by atoms with van der Waals surface area (Å²) in [6, 6.07) is 14.2. The number of benzene rings is 1. The molecular formula is C20H23N3. The van der Waals surface area contributed by atoms with E-state index in [0.29, 0.717) is 0 Å². The van der Waals surface area contributed by atoms with Gasteiger partial charge in [0.15, 0.2) is 0 Å². The summed E-state index contributed by atoms with van der Waals surface area (Å²) in [6.45, 7) is 2.21. The molecule has 1 N–H and O–H groups in total. The van der Waals surface area contributed by atoms with Gasteiger partial charge in [-0.2, -0.15) is 0 Å². The largest absolute Gasteiger partial charge is 0.305 e. The third kappa shape index (κ3) is 3.34. The van der Waals surface area contributed by atoms with Gasteiger partial charge in [-0.3, -0.25) is 0 Å². The van der Waals surface area contributed by atoms with Crippen LogP contribution in [0, 0.1) is 5.41 Å². The summed E-state index contributed by atoms with van der Waals surface area (Å²) in [6.07, 6.45) is 9.49. The highest BCUT2D eigenvalue weighted by Crippen LogP contribution is 2.25. The van der Waals surface area contributed by atoms with Gasteiger partial charge >= 0.3 is 0 Å². The summed E-state index contributed by atoms with van der Waals surface area (Å²) < 4.78 is 2.09. The predicted molar refractivity (Wildman–Crippen MR) is 96.7 cm³/mol. The van der Waals surface area contributed by atoms with Crippen LogP contribution < -0.4 is 0 Å². The summed E-state index contributed by atoms with van der Waals surface area (Å²) in [5.74, 6) is 0.897. The highest BCUT2D eigenvalue weighted by atomic mass is 15.0. The normalized spacial score (nSPS) is 11.0. The molecule has 0 amide bonds. The van der Waals surface area contributed by atoms with Crippen LogP contribution in [-0.4, -0.2) is 15.3 Å². The number of unbranched alkanes of at least 4 members (excludes halogenated alkanes) is 3. The van der Waals surface area contributed by atoms with Gasteiger partial charge in [-0.05, 0) is 31.0 Å². The van der Waals surface area contributed by atoms with Crippen molar-refractivity contribution in [1.29, 1.82) is 5.41 Å². The van der Waals surface area contributed by atoms with E-state index in [1.54, 1.807) is 6.20 Å². The van der Waals surface area contributed by atoms with Gasteiger partial charge in [0.05, 0.1) is 5.52 Å². The van der Waals surface area contributed by atoms with E-state index in [1.807, 2.05) is 30.3 Å². The molecule has 0 bridgehead atoms. The van der Waals surface area contributed by atoms with Crippen molar-refractivity contribution in [3.8, 4) is 5.82 Å². The Morgan fingerprint density at radius 2 is 1.87 bits per heavy atom. The van der Waals surface area contributed by atoms with Crippen LogP contribution in [0.15, 0.2) is 54.9 Å². The van der Waals surface area contributed by atoms with Crippen LogP contribution >= 0.6 is 0 Å². The van der Waals surface area contributed by atoms with E-state index >= 15 is 0 Å². The Kier molecular flexibility index (Phi) is 4.86. The molecule has 0 fully saturated rings. The summed E-state index contributed by atoms with van der Waals surface area (Å²) in [7, 11) is 0. The molecule has 0 radical (unpaired) electrons. The van der Waals surface area contributed by atoms with Gasteiger partial charge < -0.3 is 9.98 Å². The second-order valence-corrected chi connectivity index (χ2v) is 5.91. The first-order chi connectivity index (χ1) is 11.3. The van der Waals surface area contributed by atoms with Crippen LogP contribution in [0.3, 0.4) is 0 Å². The van der Waals surface area contributed by atoms with E-state index in [0.717, 1.165) is 40.8 Å². The molecule has 2 aromatic heterocycles. The molecule has 0 spiro atoms. The number of nitrogens with one attached hydrogen (secondary N) is 1. The topological polar surface area (TPSA) is 41.7 Å². The Morgan fingerprint density at radius 3 is 2.65 bits per heavy atom. The molecule has 0 saturated heterocycles. The van der Waals surface area contributed by atoms with Crippen molar-refractivity contribution in [2.45, 2.75) is 39.0 Å². The van der Waals surface area contributed by atoms with Crippen molar-refractivity contribution in [2.24, 2.45) is 0 Å². The van der Waals surface area contributed by atoms with Gasteiger partial charge in [-0.15, -0.1) is 0 Å². The Morgan fingerprint density at radius 1 is 1.04 bits per heavy atom. The highest BCUT2D eigenvalue weighted by Gasteiger charge is 2.13. The number of rotatable bonds is 7. The van der Waals surface area contributed by atoms with Crippen LogP contribution in [0.1, 0.15) is 44.6 Å². The first kappa shape index (κ1) is 15.5. The minimum Gasteiger partial charge on any atom is -0.305 e. The van der Waals surface area contributed by atoms with Gasteiger partial charge in [-0.25, -0.2) is 4.98 Å². The van der Waals surface area contributed by atoms with Crippen molar-refractivity contribution in [1.82, 2.24) is 9.55 Å². The molecule has 23 heavy (non-hydrogen) atoms. The van der Waals surface area contributed by atoms with E-state index in [2.05, 4.69) is 34.8 Å². The van der Waals surface area contributed by atoms with E-state index in [-0.39, 0.29) is 0 Å². The van der Waals surface area contributed by atoms with Crippen molar-refractivity contribution in [3.63, 3.8) is 0 Å². The molecule has 3 heteroatoms. The number of fused-ring (bicyclic) bond motifs is 1. The fourth-order valence-corrected chi connectivity index (χ4v) is 2.97. The van der Waals surface area contributed by atoms with Crippen LogP contribution in [0.4, 0.5) is 0 Å². The quantitative estimate of drug-likeness (QED) is 0.463. The van der Waals surface area contributed by atoms with Crippen LogP contribution in [0.25, 0.3) is 16.7 Å². The molecule has 0 saturated carbocycles. The van der Waals surface area contributed by atoms with Crippen molar-refractivity contribution in [2.75, 3.05) is 0 Å². The SMILES string of the molecule is CCCCCCC(=N)c1cn(-c2ccccn2)c2ccccc12. The first-order valence-corrected chi connectivity index (χ1v) is 8.40. The van der Waals surface area contributed by atoms with Gasteiger partial charge in [0.1, 0.15) is 5.82 Å². The van der Waals surface area contributed by atoms with Gasteiger partial charge in [-0.1, -0.05) is 50.5 Å². The molecule has 0 aliphatic carbocycles. The van der Waals surface area contributed by atoms with Gasteiger partial charge in [0, 0.05) is 29.1 Å². The molecule has 2 heterocycles. The Balaban J connectivity index is 1.94. The maximum Gasteiger partial charge on any atom is 0.137 e. The fraction of sp³-hybridized carbons (Fsp3) is 0.300. The zero-order chi connectivity index (χ0) is 16.1. The van der Waals surface area contributed by atoms with Crippen molar-refractivity contribution < 1.29 is 0 Å². The van der Waals surface area contributed by atoms with Gasteiger partial charge in [0.2, 0.25) is 0 Å². The summed E-state index contributed by atoms with van der Waals surface area (Å²) in [4.78, 5) is 4.45. The van der Waals surface area contributed by atoms with E-state index < -0.39 is 0 Å². The highest BCUT2D eigenvalue weighted by molar-refractivity contribution is 6.09. The Hall–Kier alpha value is -2.42. The molecular weight excluding hydrogens is 282 g/mol. The molecule has 3 aromatic rings. The molecule has 1 aromatic carbocycles. The third-order valence-electron chi connectivity index (χ3n) is 4.21. The molecule has 118 valence electrons. The molecule has 0 aliphatic heterocycles. The minimum absolute atomic E-state index is 0.729. The second-order valence-electron chi connectivity index (χ2n) is 5.91. The third-order valence-corrected chi connectivity index (χ3v) is 4.21. The zero-order valence-corrected chi connectivity index (χ0v) is 13.6. The lowest BCUT2D eigenvalue weighted by molar-refractivity contribution is 0.682. The van der Waals surface area contributed by atoms with Crippen LogP contribution in [0.2, 0.25) is 0 Å². The second kappa shape index (κ2) is 7.23. The summed E-state index contributed by atoms with van der Waals surface area (Å²) >= 11 is 0. The van der Waals surface area contributed by atoms with Crippen LogP contribution in [0.5, 0.6) is 0 Å². The fourth-order valence-electron chi connectivity index (χ4n) is 2.97. The smallest absolute Gasteiger partial charge is 0.137 e. The van der Waals surface area contributed by atoms with E-state index in [9.17, 15) is 0 Å². The maximum absolute atomic E-state index is 8.49.